The molecule has 2 nitrogen and oxygen atoms in total. The van der Waals surface area contributed by atoms with Crippen LogP contribution in [0.4, 0.5) is 4.39 Å². The third-order valence-corrected chi connectivity index (χ3v) is 2.49. The smallest absolute Gasteiger partial charge is 0.224 e. The molecule has 0 aliphatic heterocycles. The molecule has 0 bridgehead atoms. The number of primary amides is 1. The average molecular weight is 179 g/mol. The summed E-state index contributed by atoms with van der Waals surface area (Å²) in [5, 5.41) is 0. The summed E-state index contributed by atoms with van der Waals surface area (Å²) in [6.45, 7) is 0. The molecule has 1 aliphatic carbocycles. The molecular formula is C10H10FNO. The molecule has 0 aromatic heterocycles. The summed E-state index contributed by atoms with van der Waals surface area (Å²) in [5.41, 5.74) is 4.09. The Kier molecular flexibility index (Phi) is 1.62. The number of amides is 1. The fraction of sp³-hybridized carbons (Fsp3) is 0.300. The van der Waals surface area contributed by atoms with E-state index >= 15 is 0 Å². The van der Waals surface area contributed by atoms with Crippen LogP contribution in [0.2, 0.25) is 0 Å². The summed E-state index contributed by atoms with van der Waals surface area (Å²) in [4.78, 5) is 10.7. The van der Waals surface area contributed by atoms with Crippen molar-refractivity contribution in [2.24, 2.45) is 11.7 Å². The molecule has 0 heterocycles. The van der Waals surface area contributed by atoms with E-state index in [1.807, 2.05) is 6.07 Å². The quantitative estimate of drug-likeness (QED) is 0.731. The van der Waals surface area contributed by atoms with Gasteiger partial charge in [-0.15, -0.1) is 0 Å². The van der Waals surface area contributed by atoms with Crippen LogP contribution in [0.15, 0.2) is 30.3 Å². The molecule has 2 N–H and O–H groups in total. The molecular weight excluding hydrogens is 169 g/mol. The van der Waals surface area contributed by atoms with E-state index in [2.05, 4.69) is 0 Å². The summed E-state index contributed by atoms with van der Waals surface area (Å²) in [7, 11) is 0. The molecule has 0 spiro atoms. The Morgan fingerprint density at radius 2 is 2.08 bits per heavy atom. The maximum atomic E-state index is 13.8. The monoisotopic (exact) mass is 179 g/mol. The van der Waals surface area contributed by atoms with E-state index in [0.717, 1.165) is 0 Å². The molecule has 3 heteroatoms. The zero-order chi connectivity index (χ0) is 9.47. The molecule has 1 saturated carbocycles. The molecule has 0 radical (unpaired) electrons. The van der Waals surface area contributed by atoms with Crippen LogP contribution in [-0.4, -0.2) is 5.91 Å². The molecule has 1 aromatic carbocycles. The van der Waals surface area contributed by atoms with Gasteiger partial charge in [0.2, 0.25) is 5.91 Å². The molecule has 1 aliphatic rings. The highest BCUT2D eigenvalue weighted by molar-refractivity contribution is 5.82. The highest BCUT2D eigenvalue weighted by atomic mass is 19.1. The van der Waals surface area contributed by atoms with E-state index in [-0.39, 0.29) is 6.42 Å². The Hall–Kier alpha value is -1.38. The van der Waals surface area contributed by atoms with E-state index < -0.39 is 17.5 Å². The van der Waals surface area contributed by atoms with Gasteiger partial charge in [0.1, 0.15) is 5.67 Å². The van der Waals surface area contributed by atoms with Crippen LogP contribution >= 0.6 is 0 Å². The molecule has 68 valence electrons. The van der Waals surface area contributed by atoms with Crippen LogP contribution in [-0.2, 0) is 10.5 Å². The molecule has 2 rings (SSSR count). The maximum Gasteiger partial charge on any atom is 0.224 e. The first-order valence-corrected chi connectivity index (χ1v) is 4.18. The number of benzene rings is 1. The van der Waals surface area contributed by atoms with Crippen molar-refractivity contribution in [3.05, 3.63) is 35.9 Å². The Labute approximate surface area is 75.6 Å². The Morgan fingerprint density at radius 3 is 2.54 bits per heavy atom. The summed E-state index contributed by atoms with van der Waals surface area (Å²) in [6, 6.07) is 8.69. The largest absolute Gasteiger partial charge is 0.369 e. The second kappa shape index (κ2) is 2.55. The van der Waals surface area contributed by atoms with Gasteiger partial charge in [0.05, 0.1) is 5.92 Å². The van der Waals surface area contributed by atoms with Gasteiger partial charge in [0.25, 0.3) is 0 Å². The van der Waals surface area contributed by atoms with Crippen molar-refractivity contribution < 1.29 is 9.18 Å². The van der Waals surface area contributed by atoms with Crippen LogP contribution in [0, 0.1) is 5.92 Å². The Bertz CT molecular complexity index is 338. The normalized spacial score (nSPS) is 31.3. The third-order valence-electron chi connectivity index (χ3n) is 2.49. The summed E-state index contributed by atoms with van der Waals surface area (Å²) in [5.74, 6) is -1.18. The second-order valence-electron chi connectivity index (χ2n) is 3.39. The fourth-order valence-electron chi connectivity index (χ4n) is 1.60. The minimum Gasteiger partial charge on any atom is -0.369 e. The van der Waals surface area contributed by atoms with Crippen LogP contribution in [0.3, 0.4) is 0 Å². The number of rotatable bonds is 2. The number of hydrogen-bond donors (Lipinski definition) is 1. The zero-order valence-electron chi connectivity index (χ0n) is 7.03. The Balaban J connectivity index is 2.25. The summed E-state index contributed by atoms with van der Waals surface area (Å²) < 4.78 is 13.8. The van der Waals surface area contributed by atoms with E-state index in [9.17, 15) is 9.18 Å². The van der Waals surface area contributed by atoms with Crippen LogP contribution < -0.4 is 5.73 Å². The van der Waals surface area contributed by atoms with E-state index in [0.29, 0.717) is 5.56 Å². The lowest BCUT2D eigenvalue weighted by Gasteiger charge is -2.05. The van der Waals surface area contributed by atoms with Crippen molar-refractivity contribution in [3.63, 3.8) is 0 Å². The van der Waals surface area contributed by atoms with Gasteiger partial charge < -0.3 is 5.73 Å². The fourth-order valence-corrected chi connectivity index (χ4v) is 1.60. The van der Waals surface area contributed by atoms with Crippen LogP contribution in [0.1, 0.15) is 12.0 Å². The SMILES string of the molecule is NC(=O)[C@H]1C[C@]1(F)c1ccccc1. The van der Waals surface area contributed by atoms with Gasteiger partial charge in [-0.3, -0.25) is 4.79 Å². The van der Waals surface area contributed by atoms with Crippen molar-refractivity contribution in [2.45, 2.75) is 12.1 Å². The average Bonchev–Trinajstić information content (AvgIpc) is 2.82. The standard InChI is InChI=1S/C10H10FNO/c11-10(6-8(10)9(12)13)7-4-2-1-3-5-7/h1-5,8H,6H2,(H2,12,13)/t8-,10+/m1/s1. The lowest BCUT2D eigenvalue weighted by Crippen LogP contribution is -2.18. The van der Waals surface area contributed by atoms with Crippen LogP contribution in [0.5, 0.6) is 0 Å². The maximum absolute atomic E-state index is 13.8. The lowest BCUT2D eigenvalue weighted by atomic mass is 10.1. The van der Waals surface area contributed by atoms with Gasteiger partial charge in [-0.2, -0.15) is 0 Å². The second-order valence-corrected chi connectivity index (χ2v) is 3.39. The van der Waals surface area contributed by atoms with Crippen molar-refractivity contribution in [1.29, 1.82) is 0 Å². The van der Waals surface area contributed by atoms with Gasteiger partial charge in [-0.05, 0) is 5.56 Å². The number of nitrogens with two attached hydrogens (primary N) is 1. The zero-order valence-corrected chi connectivity index (χ0v) is 7.03. The number of hydrogen-bond acceptors (Lipinski definition) is 1. The predicted molar refractivity (Wildman–Crippen MR) is 46.5 cm³/mol. The summed E-state index contributed by atoms with van der Waals surface area (Å²) in [6.07, 6.45) is 0.229. The van der Waals surface area contributed by atoms with E-state index in [4.69, 9.17) is 5.73 Å². The first-order valence-electron chi connectivity index (χ1n) is 4.18. The number of halogens is 1. The molecule has 13 heavy (non-hydrogen) atoms. The highest BCUT2D eigenvalue weighted by Gasteiger charge is 2.60. The number of carbonyl (C=O) groups is 1. The molecule has 1 aromatic rings. The van der Waals surface area contributed by atoms with E-state index in [1.54, 1.807) is 24.3 Å². The minimum absolute atomic E-state index is 0.229. The van der Waals surface area contributed by atoms with Crippen molar-refractivity contribution >= 4 is 5.91 Å². The van der Waals surface area contributed by atoms with Gasteiger partial charge in [-0.25, -0.2) is 4.39 Å². The van der Waals surface area contributed by atoms with Crippen molar-refractivity contribution in [2.75, 3.05) is 0 Å². The molecule has 1 amide bonds. The first-order chi connectivity index (χ1) is 6.14. The third kappa shape index (κ3) is 1.20. The first kappa shape index (κ1) is 8.23. The Morgan fingerprint density at radius 1 is 1.46 bits per heavy atom. The predicted octanol–water partition coefficient (Wildman–Crippen LogP) is 1.36. The molecule has 0 saturated heterocycles. The minimum atomic E-state index is -1.49. The van der Waals surface area contributed by atoms with Gasteiger partial charge in [-0.1, -0.05) is 30.3 Å². The van der Waals surface area contributed by atoms with Gasteiger partial charge in [0.15, 0.2) is 0 Å². The van der Waals surface area contributed by atoms with Crippen molar-refractivity contribution in [1.82, 2.24) is 0 Å². The van der Waals surface area contributed by atoms with E-state index in [1.165, 1.54) is 0 Å². The molecule has 1 fully saturated rings. The van der Waals surface area contributed by atoms with Crippen molar-refractivity contribution in [3.8, 4) is 0 Å². The van der Waals surface area contributed by atoms with Gasteiger partial charge in [0, 0.05) is 6.42 Å². The topological polar surface area (TPSA) is 43.1 Å². The summed E-state index contributed by atoms with van der Waals surface area (Å²) >= 11 is 0. The number of carbonyl (C=O) groups excluding carboxylic acids is 1. The molecule has 0 unspecified atom stereocenters. The molecule has 2 atom stereocenters. The number of alkyl halides is 1. The van der Waals surface area contributed by atoms with Gasteiger partial charge >= 0.3 is 0 Å². The van der Waals surface area contributed by atoms with Crippen LogP contribution in [0.25, 0.3) is 0 Å². The lowest BCUT2D eigenvalue weighted by molar-refractivity contribution is -0.120. The highest BCUT2D eigenvalue weighted by Crippen LogP contribution is 2.55.